The van der Waals surface area contributed by atoms with Crippen molar-refractivity contribution in [3.63, 3.8) is 0 Å². The third kappa shape index (κ3) is 3.81. The van der Waals surface area contributed by atoms with E-state index in [9.17, 15) is 0 Å². The van der Waals surface area contributed by atoms with E-state index < -0.39 is 0 Å². The lowest BCUT2D eigenvalue weighted by molar-refractivity contribution is 0.403. The Balaban J connectivity index is 1.84. The van der Waals surface area contributed by atoms with Crippen LogP contribution < -0.4 is 5.32 Å². The molecule has 2 rings (SSSR count). The van der Waals surface area contributed by atoms with Gasteiger partial charge in [-0.3, -0.25) is 0 Å². The molecule has 100 valence electrons. The number of nitrogens with one attached hydrogen (secondary N) is 1. The quantitative estimate of drug-likeness (QED) is 0.837. The fourth-order valence-corrected chi connectivity index (χ4v) is 6.26. The molecule has 17 heavy (non-hydrogen) atoms. The van der Waals surface area contributed by atoms with Crippen LogP contribution in [-0.4, -0.2) is 34.6 Å². The normalized spacial score (nSPS) is 37.2. The van der Waals surface area contributed by atoms with Crippen molar-refractivity contribution in [2.45, 2.75) is 67.7 Å². The van der Waals surface area contributed by atoms with Gasteiger partial charge in [-0.05, 0) is 19.4 Å². The molecule has 1 aliphatic carbocycles. The molecule has 0 spiro atoms. The average Bonchev–Trinajstić information content (AvgIpc) is 2.82. The van der Waals surface area contributed by atoms with Gasteiger partial charge in [0.1, 0.15) is 0 Å². The molecule has 3 heteroatoms. The zero-order chi connectivity index (χ0) is 12.3. The van der Waals surface area contributed by atoms with E-state index in [2.05, 4.69) is 49.7 Å². The maximum Gasteiger partial charge on any atom is 0.0294 e. The molecule has 2 fully saturated rings. The minimum atomic E-state index is 0.741. The second-order valence-electron chi connectivity index (χ2n) is 5.70. The standard InChI is InChI=1S/C14H27NS2/c1-10-11(2)17-14(9-16-10)13(15-3)8-12-6-4-5-7-12/h10-15H,4-9H2,1-3H3. The van der Waals surface area contributed by atoms with E-state index in [1.807, 2.05) is 0 Å². The van der Waals surface area contributed by atoms with Crippen LogP contribution in [0.2, 0.25) is 0 Å². The lowest BCUT2D eigenvalue weighted by atomic mass is 9.97. The minimum Gasteiger partial charge on any atom is -0.316 e. The van der Waals surface area contributed by atoms with Crippen LogP contribution in [0.1, 0.15) is 46.0 Å². The van der Waals surface area contributed by atoms with Gasteiger partial charge in [0.2, 0.25) is 0 Å². The number of rotatable bonds is 4. The van der Waals surface area contributed by atoms with E-state index in [-0.39, 0.29) is 0 Å². The Morgan fingerprint density at radius 1 is 1.18 bits per heavy atom. The van der Waals surface area contributed by atoms with Gasteiger partial charge in [0.05, 0.1) is 0 Å². The molecule has 1 heterocycles. The van der Waals surface area contributed by atoms with E-state index in [0.29, 0.717) is 0 Å². The van der Waals surface area contributed by atoms with Crippen LogP contribution >= 0.6 is 23.5 Å². The summed E-state index contributed by atoms with van der Waals surface area (Å²) in [5.41, 5.74) is 0. The zero-order valence-electron chi connectivity index (χ0n) is 11.4. The van der Waals surface area contributed by atoms with Crippen molar-refractivity contribution in [1.29, 1.82) is 0 Å². The molecule has 2 aliphatic rings. The molecular formula is C14H27NS2. The van der Waals surface area contributed by atoms with Gasteiger partial charge in [-0.1, -0.05) is 39.5 Å². The van der Waals surface area contributed by atoms with Crippen LogP contribution in [0.15, 0.2) is 0 Å². The fourth-order valence-electron chi connectivity index (χ4n) is 3.08. The molecule has 4 unspecified atom stereocenters. The fraction of sp³-hybridized carbons (Fsp3) is 1.00. The molecule has 0 aromatic rings. The smallest absolute Gasteiger partial charge is 0.0294 e. The number of thioether (sulfide) groups is 2. The maximum atomic E-state index is 3.60. The monoisotopic (exact) mass is 273 g/mol. The van der Waals surface area contributed by atoms with Crippen LogP contribution in [0, 0.1) is 5.92 Å². The third-order valence-electron chi connectivity index (χ3n) is 4.46. The first-order chi connectivity index (χ1) is 8.20. The van der Waals surface area contributed by atoms with Crippen LogP contribution in [-0.2, 0) is 0 Å². The summed E-state index contributed by atoms with van der Waals surface area (Å²) in [7, 11) is 2.16. The van der Waals surface area contributed by atoms with Crippen molar-refractivity contribution < 1.29 is 0 Å². The molecule has 0 amide bonds. The molecule has 1 aliphatic heterocycles. The Hall–Kier alpha value is 0.660. The van der Waals surface area contributed by atoms with Gasteiger partial charge in [0.15, 0.2) is 0 Å². The molecule has 0 radical (unpaired) electrons. The molecule has 0 aromatic carbocycles. The summed E-state index contributed by atoms with van der Waals surface area (Å²) in [6, 6.07) is 0.741. The molecule has 1 saturated carbocycles. The zero-order valence-corrected chi connectivity index (χ0v) is 13.1. The summed E-state index contributed by atoms with van der Waals surface area (Å²) in [6.07, 6.45) is 7.32. The predicted molar refractivity (Wildman–Crippen MR) is 82.2 cm³/mol. The van der Waals surface area contributed by atoms with Gasteiger partial charge in [0, 0.05) is 27.5 Å². The van der Waals surface area contributed by atoms with Gasteiger partial charge in [0.25, 0.3) is 0 Å². The molecule has 0 bridgehead atoms. The first kappa shape index (κ1) is 14.1. The number of hydrogen-bond acceptors (Lipinski definition) is 3. The molecule has 4 atom stereocenters. The Kier molecular flexibility index (Phi) is 5.56. The third-order valence-corrected chi connectivity index (χ3v) is 8.01. The molecular weight excluding hydrogens is 246 g/mol. The molecule has 1 N–H and O–H groups in total. The Morgan fingerprint density at radius 2 is 1.88 bits per heavy atom. The second-order valence-corrected chi connectivity index (χ2v) is 8.73. The van der Waals surface area contributed by atoms with Crippen molar-refractivity contribution in [2.75, 3.05) is 12.8 Å². The van der Waals surface area contributed by atoms with Crippen LogP contribution in [0.4, 0.5) is 0 Å². The highest BCUT2D eigenvalue weighted by molar-refractivity contribution is 8.07. The first-order valence-electron chi connectivity index (χ1n) is 7.15. The summed E-state index contributed by atoms with van der Waals surface area (Å²) in [5.74, 6) is 2.35. The minimum absolute atomic E-state index is 0.741. The van der Waals surface area contributed by atoms with Crippen molar-refractivity contribution in [3.8, 4) is 0 Å². The van der Waals surface area contributed by atoms with E-state index in [0.717, 1.165) is 27.7 Å². The van der Waals surface area contributed by atoms with E-state index in [1.165, 1.54) is 37.9 Å². The topological polar surface area (TPSA) is 12.0 Å². The van der Waals surface area contributed by atoms with Crippen LogP contribution in [0.5, 0.6) is 0 Å². The Bertz CT molecular complexity index is 228. The van der Waals surface area contributed by atoms with Gasteiger partial charge in [-0.15, -0.1) is 0 Å². The van der Waals surface area contributed by atoms with Crippen molar-refractivity contribution in [1.82, 2.24) is 5.32 Å². The summed E-state index contributed by atoms with van der Waals surface area (Å²) in [5, 5.41) is 6.08. The summed E-state index contributed by atoms with van der Waals surface area (Å²) in [6.45, 7) is 4.78. The highest BCUT2D eigenvalue weighted by Crippen LogP contribution is 2.39. The average molecular weight is 274 g/mol. The highest BCUT2D eigenvalue weighted by atomic mass is 32.2. The van der Waals surface area contributed by atoms with E-state index >= 15 is 0 Å². The molecule has 1 nitrogen and oxygen atoms in total. The predicted octanol–water partition coefficient (Wildman–Crippen LogP) is 3.78. The van der Waals surface area contributed by atoms with Crippen molar-refractivity contribution >= 4 is 23.5 Å². The van der Waals surface area contributed by atoms with Gasteiger partial charge in [-0.2, -0.15) is 23.5 Å². The maximum absolute atomic E-state index is 3.60. The van der Waals surface area contributed by atoms with Crippen molar-refractivity contribution in [2.24, 2.45) is 5.92 Å². The van der Waals surface area contributed by atoms with E-state index in [4.69, 9.17) is 0 Å². The Labute approximate surface area is 115 Å². The summed E-state index contributed by atoms with van der Waals surface area (Å²) >= 11 is 4.40. The lowest BCUT2D eigenvalue weighted by Gasteiger charge is -2.36. The summed E-state index contributed by atoms with van der Waals surface area (Å²) in [4.78, 5) is 0. The Morgan fingerprint density at radius 3 is 2.47 bits per heavy atom. The second kappa shape index (κ2) is 6.72. The van der Waals surface area contributed by atoms with Crippen LogP contribution in [0.25, 0.3) is 0 Å². The first-order valence-corrected chi connectivity index (χ1v) is 9.14. The molecule has 0 aromatic heterocycles. The van der Waals surface area contributed by atoms with Gasteiger partial charge >= 0.3 is 0 Å². The largest absolute Gasteiger partial charge is 0.316 e. The SMILES string of the molecule is CNC(CC1CCCC1)C1CSC(C)C(C)S1. The van der Waals surface area contributed by atoms with Gasteiger partial charge < -0.3 is 5.32 Å². The van der Waals surface area contributed by atoms with Gasteiger partial charge in [-0.25, -0.2) is 0 Å². The number of hydrogen-bond donors (Lipinski definition) is 1. The summed E-state index contributed by atoms with van der Waals surface area (Å²) < 4.78 is 0. The van der Waals surface area contributed by atoms with Crippen LogP contribution in [0.3, 0.4) is 0 Å². The van der Waals surface area contributed by atoms with E-state index in [1.54, 1.807) is 0 Å². The highest BCUT2D eigenvalue weighted by Gasteiger charge is 2.32. The lowest BCUT2D eigenvalue weighted by Crippen LogP contribution is -2.42. The van der Waals surface area contributed by atoms with Crippen molar-refractivity contribution in [3.05, 3.63) is 0 Å². The molecule has 1 saturated heterocycles.